The zero-order valence-electron chi connectivity index (χ0n) is 13.6. The number of urea groups is 1. The Morgan fingerprint density at radius 2 is 1.59 bits per heavy atom. The molecule has 3 amide bonds. The van der Waals surface area contributed by atoms with E-state index in [2.05, 4.69) is 5.32 Å². The van der Waals surface area contributed by atoms with Gasteiger partial charge in [-0.1, -0.05) is 0 Å². The fourth-order valence-electron chi connectivity index (χ4n) is 2.93. The summed E-state index contributed by atoms with van der Waals surface area (Å²) in [5, 5.41) is 3.00. The molecule has 2 fully saturated rings. The van der Waals surface area contributed by atoms with Crippen molar-refractivity contribution in [2.75, 3.05) is 32.7 Å². The maximum atomic E-state index is 12.3. The van der Waals surface area contributed by atoms with E-state index in [1.165, 1.54) is 0 Å². The number of hydrogen-bond donors (Lipinski definition) is 2. The van der Waals surface area contributed by atoms with Gasteiger partial charge >= 0.3 is 6.03 Å². The molecule has 7 heteroatoms. The molecule has 0 aromatic rings. The molecule has 2 aliphatic heterocycles. The van der Waals surface area contributed by atoms with Crippen LogP contribution in [0.25, 0.3) is 0 Å². The van der Waals surface area contributed by atoms with E-state index in [0.717, 1.165) is 38.8 Å². The van der Waals surface area contributed by atoms with E-state index in [9.17, 15) is 9.59 Å². The molecule has 0 radical (unpaired) electrons. The molecular formula is C15H29ClN4O2. The van der Waals surface area contributed by atoms with Gasteiger partial charge in [-0.05, 0) is 39.5 Å². The van der Waals surface area contributed by atoms with Crippen LogP contribution < -0.4 is 11.1 Å². The zero-order valence-corrected chi connectivity index (χ0v) is 14.5. The van der Waals surface area contributed by atoms with Gasteiger partial charge in [0.1, 0.15) is 0 Å². The number of hydrogen-bond acceptors (Lipinski definition) is 3. The van der Waals surface area contributed by atoms with E-state index in [0.29, 0.717) is 19.6 Å². The van der Waals surface area contributed by atoms with Crippen LogP contribution in [-0.2, 0) is 4.79 Å². The Morgan fingerprint density at radius 1 is 1.09 bits per heavy atom. The molecule has 2 heterocycles. The molecule has 2 rings (SSSR count). The zero-order chi connectivity index (χ0) is 15.5. The van der Waals surface area contributed by atoms with Crippen molar-refractivity contribution >= 4 is 24.3 Å². The highest BCUT2D eigenvalue weighted by atomic mass is 35.5. The standard InChI is InChI=1S/C15H28N4O2.ClH/c1-15(2,11-16)17-13(20)12-5-9-19(10-6-12)14(21)18-7-3-4-8-18;/h12H,3-11,16H2,1-2H3,(H,17,20);1H. The number of carbonyl (C=O) groups is 2. The summed E-state index contributed by atoms with van der Waals surface area (Å²) >= 11 is 0. The Kier molecular flexibility index (Phi) is 6.94. The first kappa shape index (κ1) is 19.0. The van der Waals surface area contributed by atoms with Crippen molar-refractivity contribution < 1.29 is 9.59 Å². The van der Waals surface area contributed by atoms with E-state index in [-0.39, 0.29) is 35.8 Å². The maximum Gasteiger partial charge on any atom is 0.319 e. The quantitative estimate of drug-likeness (QED) is 0.814. The van der Waals surface area contributed by atoms with Gasteiger partial charge in [-0.3, -0.25) is 4.79 Å². The Bertz CT molecular complexity index is 389. The normalized spacial score (nSPS) is 19.8. The highest BCUT2D eigenvalue weighted by Gasteiger charge is 2.31. The van der Waals surface area contributed by atoms with Crippen molar-refractivity contribution in [3.63, 3.8) is 0 Å². The van der Waals surface area contributed by atoms with Crippen molar-refractivity contribution in [1.29, 1.82) is 0 Å². The topological polar surface area (TPSA) is 78.7 Å². The lowest BCUT2D eigenvalue weighted by Crippen LogP contribution is -2.53. The summed E-state index contributed by atoms with van der Waals surface area (Å²) in [6.45, 7) is 7.39. The summed E-state index contributed by atoms with van der Waals surface area (Å²) < 4.78 is 0. The predicted octanol–water partition coefficient (Wildman–Crippen LogP) is 1.19. The van der Waals surface area contributed by atoms with Gasteiger partial charge in [0.05, 0.1) is 0 Å². The second-order valence-corrected chi connectivity index (χ2v) is 6.82. The first-order chi connectivity index (χ1) is 9.93. The molecular weight excluding hydrogens is 304 g/mol. The molecule has 128 valence electrons. The highest BCUT2D eigenvalue weighted by molar-refractivity contribution is 5.85. The molecule has 22 heavy (non-hydrogen) atoms. The summed E-state index contributed by atoms with van der Waals surface area (Å²) in [5.74, 6) is 0.0668. The van der Waals surface area contributed by atoms with Crippen LogP contribution in [0.3, 0.4) is 0 Å². The minimum absolute atomic E-state index is 0. The highest BCUT2D eigenvalue weighted by Crippen LogP contribution is 2.20. The minimum Gasteiger partial charge on any atom is -0.350 e. The summed E-state index contributed by atoms with van der Waals surface area (Å²) in [6.07, 6.45) is 3.70. The van der Waals surface area contributed by atoms with Crippen molar-refractivity contribution in [1.82, 2.24) is 15.1 Å². The first-order valence-corrected chi connectivity index (χ1v) is 7.99. The number of nitrogens with two attached hydrogens (primary N) is 1. The van der Waals surface area contributed by atoms with Gasteiger partial charge in [0.25, 0.3) is 0 Å². The van der Waals surface area contributed by atoms with E-state index >= 15 is 0 Å². The van der Waals surface area contributed by atoms with E-state index < -0.39 is 0 Å². The van der Waals surface area contributed by atoms with Crippen molar-refractivity contribution in [3.8, 4) is 0 Å². The third-order valence-corrected chi connectivity index (χ3v) is 4.48. The van der Waals surface area contributed by atoms with Gasteiger partial charge in [0.15, 0.2) is 0 Å². The molecule has 0 saturated carbocycles. The number of nitrogens with zero attached hydrogens (tertiary/aromatic N) is 2. The second-order valence-electron chi connectivity index (χ2n) is 6.82. The lowest BCUT2D eigenvalue weighted by atomic mass is 9.94. The fourth-order valence-corrected chi connectivity index (χ4v) is 2.93. The molecule has 0 bridgehead atoms. The molecule has 6 nitrogen and oxygen atoms in total. The molecule has 0 aromatic carbocycles. The van der Waals surface area contributed by atoms with Crippen LogP contribution in [-0.4, -0.2) is 60.0 Å². The molecule has 3 N–H and O–H groups in total. The third kappa shape index (κ3) is 4.74. The Balaban J connectivity index is 0.00000242. The number of nitrogens with one attached hydrogen (secondary N) is 1. The average molecular weight is 333 g/mol. The molecule has 2 saturated heterocycles. The van der Waals surface area contributed by atoms with Crippen LogP contribution in [0.4, 0.5) is 4.79 Å². The number of carbonyl (C=O) groups excluding carboxylic acids is 2. The Hall–Kier alpha value is -1.01. The Morgan fingerprint density at radius 3 is 2.09 bits per heavy atom. The van der Waals surface area contributed by atoms with Crippen LogP contribution >= 0.6 is 12.4 Å². The first-order valence-electron chi connectivity index (χ1n) is 7.99. The number of rotatable bonds is 3. The number of amides is 3. The molecule has 0 aliphatic carbocycles. The lowest BCUT2D eigenvalue weighted by Gasteiger charge is -2.35. The number of likely N-dealkylation sites (tertiary alicyclic amines) is 2. The summed E-state index contributed by atoms with van der Waals surface area (Å²) in [7, 11) is 0. The van der Waals surface area contributed by atoms with Gasteiger partial charge in [-0.15, -0.1) is 12.4 Å². The molecule has 0 atom stereocenters. The average Bonchev–Trinajstić information content (AvgIpc) is 3.00. The van der Waals surface area contributed by atoms with Crippen LogP contribution in [0.1, 0.15) is 39.5 Å². The van der Waals surface area contributed by atoms with Gasteiger partial charge < -0.3 is 20.9 Å². The van der Waals surface area contributed by atoms with Crippen LogP contribution in [0, 0.1) is 5.92 Å². The molecule has 0 aromatic heterocycles. The van der Waals surface area contributed by atoms with Crippen LogP contribution in [0.15, 0.2) is 0 Å². The molecule has 0 spiro atoms. The van der Waals surface area contributed by atoms with Crippen molar-refractivity contribution in [2.45, 2.75) is 45.1 Å². The summed E-state index contributed by atoms with van der Waals surface area (Å²) in [6, 6.07) is 0.147. The largest absolute Gasteiger partial charge is 0.350 e. The van der Waals surface area contributed by atoms with E-state index in [1.54, 1.807) is 0 Å². The monoisotopic (exact) mass is 332 g/mol. The van der Waals surface area contributed by atoms with Gasteiger partial charge in [-0.2, -0.15) is 0 Å². The lowest BCUT2D eigenvalue weighted by molar-refractivity contribution is -0.127. The van der Waals surface area contributed by atoms with Gasteiger partial charge in [0.2, 0.25) is 5.91 Å². The maximum absolute atomic E-state index is 12.3. The van der Waals surface area contributed by atoms with Gasteiger partial charge in [-0.25, -0.2) is 4.79 Å². The summed E-state index contributed by atoms with van der Waals surface area (Å²) in [4.78, 5) is 28.3. The Labute approximate surface area is 139 Å². The SMILES string of the molecule is CC(C)(CN)NC(=O)C1CCN(C(=O)N2CCCC2)CC1.Cl. The summed E-state index contributed by atoms with van der Waals surface area (Å²) in [5.41, 5.74) is 5.28. The molecule has 2 aliphatic rings. The third-order valence-electron chi connectivity index (χ3n) is 4.48. The minimum atomic E-state index is -0.362. The smallest absolute Gasteiger partial charge is 0.319 e. The second kappa shape index (κ2) is 8.02. The number of piperidine rings is 1. The fraction of sp³-hybridized carbons (Fsp3) is 0.867. The van der Waals surface area contributed by atoms with Crippen molar-refractivity contribution in [3.05, 3.63) is 0 Å². The predicted molar refractivity (Wildman–Crippen MR) is 89.0 cm³/mol. The number of halogens is 1. The van der Waals surface area contributed by atoms with E-state index in [1.807, 2.05) is 23.6 Å². The van der Waals surface area contributed by atoms with Crippen LogP contribution in [0.5, 0.6) is 0 Å². The van der Waals surface area contributed by atoms with E-state index in [4.69, 9.17) is 5.73 Å². The van der Waals surface area contributed by atoms with Crippen molar-refractivity contribution in [2.24, 2.45) is 11.7 Å². The molecule has 0 unspecified atom stereocenters. The van der Waals surface area contributed by atoms with Gasteiger partial charge in [0, 0.05) is 44.2 Å². The van der Waals surface area contributed by atoms with Crippen LogP contribution in [0.2, 0.25) is 0 Å².